The summed E-state index contributed by atoms with van der Waals surface area (Å²) in [6.07, 6.45) is -5.54. The van der Waals surface area contributed by atoms with E-state index in [9.17, 15) is 18.0 Å². The fraction of sp³-hybridized carbons (Fsp3) is 0.588. The maximum atomic E-state index is 14.3. The third kappa shape index (κ3) is 4.18. The van der Waals surface area contributed by atoms with Crippen LogP contribution < -0.4 is 16.4 Å². The highest BCUT2D eigenvalue weighted by Crippen LogP contribution is 2.47. The molecule has 1 aliphatic heterocycles. The molecule has 8 heteroatoms. The Bertz CT molecular complexity index is 605. The van der Waals surface area contributed by atoms with Crippen molar-refractivity contribution in [2.75, 3.05) is 18.8 Å². The number of nitrogen functional groups attached to an aromatic ring is 1. The standard InChI is InChI=1S/C17H24F3N3O2/c1-15(2,3)25-14(24)23-16(17(18,19)20,12-8-9-22-10-12)11-4-6-13(21)7-5-11/h4-7,12,22H,8-10,21H2,1-3H3,(H,23,24). The molecule has 5 nitrogen and oxygen atoms in total. The van der Waals surface area contributed by atoms with Gasteiger partial charge in [-0.2, -0.15) is 13.2 Å². The number of carbonyl (C=O) groups is 1. The van der Waals surface area contributed by atoms with Gasteiger partial charge in [-0.05, 0) is 51.4 Å². The first-order valence-electron chi connectivity index (χ1n) is 8.10. The number of halogens is 3. The zero-order valence-corrected chi connectivity index (χ0v) is 14.5. The topological polar surface area (TPSA) is 76.4 Å². The number of anilines is 1. The molecule has 2 atom stereocenters. The van der Waals surface area contributed by atoms with Gasteiger partial charge in [-0.3, -0.25) is 0 Å². The summed E-state index contributed by atoms with van der Waals surface area (Å²) in [6.45, 7) is 5.39. The third-order valence-electron chi connectivity index (χ3n) is 4.18. The molecule has 1 aromatic rings. The summed E-state index contributed by atoms with van der Waals surface area (Å²) in [5.74, 6) is -0.858. The van der Waals surface area contributed by atoms with Crippen LogP contribution in [-0.4, -0.2) is 31.0 Å². The first kappa shape index (κ1) is 19.4. The molecule has 0 aliphatic carbocycles. The molecule has 1 amide bonds. The Hall–Kier alpha value is -1.96. The summed E-state index contributed by atoms with van der Waals surface area (Å²) in [5.41, 5.74) is 2.44. The minimum absolute atomic E-state index is 0.0613. The van der Waals surface area contributed by atoms with Crippen LogP contribution in [0, 0.1) is 5.92 Å². The van der Waals surface area contributed by atoms with Crippen molar-refractivity contribution >= 4 is 11.8 Å². The van der Waals surface area contributed by atoms with Crippen LogP contribution in [0.4, 0.5) is 23.7 Å². The number of rotatable bonds is 3. The van der Waals surface area contributed by atoms with Crippen molar-refractivity contribution < 1.29 is 22.7 Å². The van der Waals surface area contributed by atoms with Crippen molar-refractivity contribution in [1.82, 2.24) is 10.6 Å². The highest BCUT2D eigenvalue weighted by Gasteiger charge is 2.62. The number of carbonyl (C=O) groups excluding carboxylic acids is 1. The van der Waals surface area contributed by atoms with Crippen molar-refractivity contribution in [2.45, 2.75) is 44.5 Å². The van der Waals surface area contributed by atoms with Crippen LogP contribution in [0.25, 0.3) is 0 Å². The van der Waals surface area contributed by atoms with Crippen molar-refractivity contribution in [2.24, 2.45) is 5.92 Å². The van der Waals surface area contributed by atoms with Crippen molar-refractivity contribution in [3.63, 3.8) is 0 Å². The second kappa shape index (κ2) is 6.74. The van der Waals surface area contributed by atoms with Crippen LogP contribution >= 0.6 is 0 Å². The lowest BCUT2D eigenvalue weighted by Crippen LogP contribution is -2.61. The van der Waals surface area contributed by atoms with E-state index in [-0.39, 0.29) is 18.5 Å². The minimum Gasteiger partial charge on any atom is -0.444 e. The van der Waals surface area contributed by atoms with Crippen molar-refractivity contribution in [1.29, 1.82) is 0 Å². The molecular formula is C17H24F3N3O2. The van der Waals surface area contributed by atoms with Crippen LogP contribution in [0.1, 0.15) is 32.8 Å². The number of ether oxygens (including phenoxy) is 1. The van der Waals surface area contributed by atoms with E-state index in [0.717, 1.165) is 0 Å². The first-order valence-corrected chi connectivity index (χ1v) is 8.10. The predicted octanol–water partition coefficient (Wildman–Crippen LogP) is 3.16. The van der Waals surface area contributed by atoms with E-state index in [1.54, 1.807) is 20.8 Å². The number of hydrogen-bond acceptors (Lipinski definition) is 4. The summed E-state index contributed by atoms with van der Waals surface area (Å²) in [6, 6.07) is 5.40. The number of hydrogen-bond donors (Lipinski definition) is 3. The van der Waals surface area contributed by atoms with Gasteiger partial charge in [0.1, 0.15) is 5.60 Å². The van der Waals surface area contributed by atoms with Gasteiger partial charge in [0.15, 0.2) is 5.54 Å². The number of nitrogens with two attached hydrogens (primary N) is 1. The number of nitrogens with one attached hydrogen (secondary N) is 2. The van der Waals surface area contributed by atoms with Gasteiger partial charge in [0.05, 0.1) is 0 Å². The number of benzene rings is 1. The summed E-state index contributed by atoms with van der Waals surface area (Å²) < 4.78 is 47.9. The Balaban J connectivity index is 2.51. The van der Waals surface area contributed by atoms with E-state index in [0.29, 0.717) is 12.2 Å². The second-order valence-electron chi connectivity index (χ2n) is 7.24. The molecule has 0 saturated carbocycles. The summed E-state index contributed by atoms with van der Waals surface area (Å²) in [4.78, 5) is 12.2. The fourth-order valence-corrected chi connectivity index (χ4v) is 3.11. The maximum absolute atomic E-state index is 14.3. The number of alkyl carbamates (subject to hydrolysis) is 1. The Morgan fingerprint density at radius 1 is 1.24 bits per heavy atom. The summed E-state index contributed by atoms with van der Waals surface area (Å²) >= 11 is 0. The minimum atomic E-state index is -4.71. The lowest BCUT2D eigenvalue weighted by molar-refractivity contribution is -0.214. The quantitative estimate of drug-likeness (QED) is 0.725. The second-order valence-corrected chi connectivity index (χ2v) is 7.24. The zero-order valence-electron chi connectivity index (χ0n) is 14.5. The molecule has 25 heavy (non-hydrogen) atoms. The average Bonchev–Trinajstić information content (AvgIpc) is 2.96. The Kier molecular flexibility index (Phi) is 5.22. The van der Waals surface area contributed by atoms with Crippen molar-refractivity contribution in [3.8, 4) is 0 Å². The van der Waals surface area contributed by atoms with Gasteiger partial charge in [0, 0.05) is 18.2 Å². The van der Waals surface area contributed by atoms with Gasteiger partial charge >= 0.3 is 12.3 Å². The Morgan fingerprint density at radius 3 is 2.28 bits per heavy atom. The third-order valence-corrected chi connectivity index (χ3v) is 4.18. The lowest BCUT2D eigenvalue weighted by Gasteiger charge is -2.41. The van der Waals surface area contributed by atoms with Crippen LogP contribution in [0.2, 0.25) is 0 Å². The van der Waals surface area contributed by atoms with Crippen LogP contribution in [0.5, 0.6) is 0 Å². The summed E-state index contributed by atoms with van der Waals surface area (Å²) in [5, 5.41) is 5.07. The van der Waals surface area contributed by atoms with Crippen LogP contribution in [0.15, 0.2) is 24.3 Å². The monoisotopic (exact) mass is 359 g/mol. The SMILES string of the molecule is CC(C)(C)OC(=O)NC(c1ccc(N)cc1)(C1CCNC1)C(F)(F)F. The first-order chi connectivity index (χ1) is 11.5. The van der Waals surface area contributed by atoms with E-state index in [1.165, 1.54) is 24.3 Å². The molecule has 0 bridgehead atoms. The van der Waals surface area contributed by atoms with Gasteiger partial charge in [-0.25, -0.2) is 4.79 Å². The molecule has 2 unspecified atom stereocenters. The Morgan fingerprint density at radius 2 is 1.84 bits per heavy atom. The number of alkyl halides is 3. The maximum Gasteiger partial charge on any atom is 0.416 e. The van der Waals surface area contributed by atoms with Crippen LogP contribution in [0.3, 0.4) is 0 Å². The normalized spacial score (nSPS) is 20.8. The summed E-state index contributed by atoms with van der Waals surface area (Å²) in [7, 11) is 0. The fourth-order valence-electron chi connectivity index (χ4n) is 3.11. The number of amides is 1. The molecule has 1 heterocycles. The van der Waals surface area contributed by atoms with Gasteiger partial charge < -0.3 is 21.1 Å². The Labute approximate surface area is 145 Å². The molecule has 0 spiro atoms. The molecule has 0 radical (unpaired) electrons. The van der Waals surface area contributed by atoms with Gasteiger partial charge in [-0.1, -0.05) is 12.1 Å². The smallest absolute Gasteiger partial charge is 0.416 e. The van der Waals surface area contributed by atoms with E-state index in [4.69, 9.17) is 10.5 Å². The molecule has 1 aromatic carbocycles. The molecular weight excluding hydrogens is 335 g/mol. The largest absolute Gasteiger partial charge is 0.444 e. The van der Waals surface area contributed by atoms with Crippen LogP contribution in [-0.2, 0) is 10.3 Å². The lowest BCUT2D eigenvalue weighted by atomic mass is 9.76. The molecule has 140 valence electrons. The van der Waals surface area contributed by atoms with Gasteiger partial charge in [-0.15, -0.1) is 0 Å². The van der Waals surface area contributed by atoms with Gasteiger partial charge in [0.2, 0.25) is 0 Å². The molecule has 1 fully saturated rings. The molecule has 4 N–H and O–H groups in total. The molecule has 1 aliphatic rings. The van der Waals surface area contributed by atoms with E-state index in [2.05, 4.69) is 10.6 Å². The highest BCUT2D eigenvalue weighted by atomic mass is 19.4. The highest BCUT2D eigenvalue weighted by molar-refractivity contribution is 5.70. The average molecular weight is 359 g/mol. The zero-order chi connectivity index (χ0) is 18.9. The van der Waals surface area contributed by atoms with E-state index in [1.807, 2.05) is 0 Å². The molecule has 1 saturated heterocycles. The van der Waals surface area contributed by atoms with Gasteiger partial charge in [0.25, 0.3) is 0 Å². The molecule has 0 aromatic heterocycles. The molecule has 2 rings (SSSR count). The van der Waals surface area contributed by atoms with E-state index < -0.39 is 29.3 Å². The predicted molar refractivity (Wildman–Crippen MR) is 88.9 cm³/mol. The van der Waals surface area contributed by atoms with E-state index >= 15 is 0 Å². The van der Waals surface area contributed by atoms with Crippen molar-refractivity contribution in [3.05, 3.63) is 29.8 Å².